The third kappa shape index (κ3) is 4.09. The van der Waals surface area contributed by atoms with Crippen molar-refractivity contribution in [2.45, 2.75) is 12.8 Å². The topological polar surface area (TPSA) is 21.6 Å². The normalized spacial score (nSPS) is 10.6. The summed E-state index contributed by atoms with van der Waals surface area (Å²) in [5, 5.41) is 3.49. The Morgan fingerprint density at radius 2 is 2.25 bits per heavy atom. The van der Waals surface area contributed by atoms with Gasteiger partial charge in [-0.25, -0.2) is 8.78 Å². The summed E-state index contributed by atoms with van der Waals surface area (Å²) in [6, 6.07) is 5.77. The van der Waals surface area contributed by atoms with Crippen molar-refractivity contribution >= 4 is 6.21 Å². The predicted octanol–water partition coefficient (Wildman–Crippen LogP) is 2.88. The molecule has 0 bridgehead atoms. The van der Waals surface area contributed by atoms with Crippen LogP contribution < -0.4 is 0 Å². The van der Waals surface area contributed by atoms with Gasteiger partial charge in [0.2, 0.25) is 0 Å². The minimum Gasteiger partial charge on any atom is -0.394 e. The van der Waals surface area contributed by atoms with E-state index >= 15 is 0 Å². The third-order valence-corrected chi connectivity index (χ3v) is 1.72. The van der Waals surface area contributed by atoms with Crippen LogP contribution >= 0.6 is 0 Å². The van der Waals surface area contributed by atoms with Gasteiger partial charge in [0.05, 0.1) is 0 Å². The van der Waals surface area contributed by atoms with Crippen LogP contribution in [0, 0.1) is 12.3 Å². The molecule has 0 aliphatic carbocycles. The molecule has 1 aromatic carbocycles. The fraction of sp³-hybridized carbons (Fsp3) is 0.250. The van der Waals surface area contributed by atoms with E-state index < -0.39 is 6.43 Å². The van der Waals surface area contributed by atoms with E-state index in [2.05, 4.69) is 17.3 Å². The number of rotatable bonds is 5. The molecule has 0 heterocycles. The van der Waals surface area contributed by atoms with Gasteiger partial charge in [-0.05, 0) is 6.07 Å². The number of terminal acetylenes is 1. The molecule has 0 aromatic heterocycles. The van der Waals surface area contributed by atoms with Gasteiger partial charge < -0.3 is 4.84 Å². The second-order valence-electron chi connectivity index (χ2n) is 2.92. The number of halogens is 2. The Balaban J connectivity index is 2.54. The lowest BCUT2D eigenvalue weighted by molar-refractivity contribution is 0.150. The van der Waals surface area contributed by atoms with E-state index in [0.29, 0.717) is 12.0 Å². The second kappa shape index (κ2) is 6.57. The molecule has 1 aromatic rings. The summed E-state index contributed by atoms with van der Waals surface area (Å²) in [5.74, 6) is 2.38. The highest BCUT2D eigenvalue weighted by atomic mass is 19.3. The van der Waals surface area contributed by atoms with Crippen molar-refractivity contribution in [3.63, 3.8) is 0 Å². The maximum absolute atomic E-state index is 12.3. The Hall–Kier alpha value is -1.89. The lowest BCUT2D eigenvalue weighted by Gasteiger charge is -1.99. The molecule has 0 atom stereocenters. The van der Waals surface area contributed by atoms with Crippen LogP contribution in [0.15, 0.2) is 29.4 Å². The first-order chi connectivity index (χ1) is 7.74. The van der Waals surface area contributed by atoms with Crippen molar-refractivity contribution in [1.29, 1.82) is 0 Å². The zero-order valence-electron chi connectivity index (χ0n) is 8.49. The Labute approximate surface area is 92.9 Å². The summed E-state index contributed by atoms with van der Waals surface area (Å²) < 4.78 is 24.6. The van der Waals surface area contributed by atoms with Crippen LogP contribution in [0.2, 0.25) is 0 Å². The highest BCUT2D eigenvalue weighted by Crippen LogP contribution is 2.18. The van der Waals surface area contributed by atoms with Gasteiger partial charge in [0.15, 0.2) is 0 Å². The molecule has 0 spiro atoms. The maximum Gasteiger partial charge on any atom is 0.263 e. The van der Waals surface area contributed by atoms with E-state index in [4.69, 9.17) is 11.3 Å². The van der Waals surface area contributed by atoms with Crippen LogP contribution in [0.1, 0.15) is 24.0 Å². The number of nitrogens with zero attached hydrogens (tertiary/aromatic N) is 1. The monoisotopic (exact) mass is 222 g/mol. The van der Waals surface area contributed by atoms with Crippen LogP contribution in [0.3, 0.4) is 0 Å². The molecule has 0 amide bonds. The molecular formula is C12H10F2NO. The predicted molar refractivity (Wildman–Crippen MR) is 57.3 cm³/mol. The molecule has 0 fully saturated rings. The lowest BCUT2D eigenvalue weighted by atomic mass is 10.1. The zero-order valence-corrected chi connectivity index (χ0v) is 8.49. The number of alkyl halides is 2. The molecule has 2 nitrogen and oxygen atoms in total. The summed E-state index contributed by atoms with van der Waals surface area (Å²) in [7, 11) is 0. The fourth-order valence-corrected chi connectivity index (χ4v) is 0.979. The Morgan fingerprint density at radius 1 is 1.44 bits per heavy atom. The van der Waals surface area contributed by atoms with Gasteiger partial charge in [-0.2, -0.15) is 0 Å². The van der Waals surface area contributed by atoms with Crippen molar-refractivity contribution in [2.75, 3.05) is 6.61 Å². The van der Waals surface area contributed by atoms with E-state index in [1.54, 1.807) is 6.07 Å². The lowest BCUT2D eigenvalue weighted by Crippen LogP contribution is -1.90. The summed E-state index contributed by atoms with van der Waals surface area (Å²) in [5.41, 5.74) is 0.377. The minimum absolute atomic E-state index is 0.0659. The van der Waals surface area contributed by atoms with Crippen molar-refractivity contribution in [3.05, 3.63) is 35.4 Å². The van der Waals surface area contributed by atoms with Crippen molar-refractivity contribution in [1.82, 2.24) is 0 Å². The van der Waals surface area contributed by atoms with E-state index in [-0.39, 0.29) is 12.2 Å². The first-order valence-electron chi connectivity index (χ1n) is 4.63. The van der Waals surface area contributed by atoms with Crippen LogP contribution in [0.4, 0.5) is 8.78 Å². The quantitative estimate of drug-likeness (QED) is 0.325. The fourth-order valence-electron chi connectivity index (χ4n) is 0.979. The van der Waals surface area contributed by atoms with Gasteiger partial charge in [-0.3, -0.25) is 0 Å². The first kappa shape index (κ1) is 12.2. The Bertz CT molecular complexity index is 396. The molecule has 1 rings (SSSR count). The van der Waals surface area contributed by atoms with Gasteiger partial charge in [-0.1, -0.05) is 23.4 Å². The molecular weight excluding hydrogens is 212 g/mol. The maximum atomic E-state index is 12.3. The summed E-state index contributed by atoms with van der Waals surface area (Å²) in [6.45, 7) is 0.290. The third-order valence-electron chi connectivity index (χ3n) is 1.72. The van der Waals surface area contributed by atoms with Crippen molar-refractivity contribution in [3.8, 4) is 12.3 Å². The molecule has 4 heteroatoms. The molecule has 1 radical (unpaired) electrons. The highest BCUT2D eigenvalue weighted by molar-refractivity contribution is 5.79. The molecule has 0 N–H and O–H groups in total. The summed E-state index contributed by atoms with van der Waals surface area (Å²) >= 11 is 0. The second-order valence-corrected chi connectivity index (χ2v) is 2.92. The number of hydrogen-bond acceptors (Lipinski definition) is 2. The summed E-state index contributed by atoms with van der Waals surface area (Å²) in [4.78, 5) is 4.76. The average Bonchev–Trinajstić information content (AvgIpc) is 2.29. The molecule has 0 aliphatic heterocycles. The van der Waals surface area contributed by atoms with Crippen molar-refractivity contribution in [2.24, 2.45) is 5.16 Å². The molecule has 0 unspecified atom stereocenters. The Kier molecular flexibility index (Phi) is 5.00. The van der Waals surface area contributed by atoms with Crippen LogP contribution in [-0.2, 0) is 4.84 Å². The van der Waals surface area contributed by atoms with Gasteiger partial charge in [-0.15, -0.1) is 12.3 Å². The van der Waals surface area contributed by atoms with E-state index in [1.165, 1.54) is 18.2 Å². The van der Waals surface area contributed by atoms with Crippen molar-refractivity contribution < 1.29 is 13.6 Å². The molecule has 83 valence electrons. The number of hydrogen-bond donors (Lipinski definition) is 0. The Morgan fingerprint density at radius 3 is 2.94 bits per heavy atom. The smallest absolute Gasteiger partial charge is 0.263 e. The first-order valence-corrected chi connectivity index (χ1v) is 4.63. The van der Waals surface area contributed by atoms with Gasteiger partial charge in [0, 0.05) is 17.5 Å². The standard InChI is InChI=1S/C12H10F2NO/c1-2-3-7-16-15-9-10-5-4-6-11(8-10)12(13)14/h1,4-6,8,12H,3,7H2. The summed E-state index contributed by atoms with van der Waals surface area (Å²) in [6.07, 6.45) is 5.45. The van der Waals surface area contributed by atoms with E-state index in [9.17, 15) is 8.78 Å². The molecule has 0 aliphatic rings. The molecule has 0 saturated heterocycles. The van der Waals surface area contributed by atoms with Gasteiger partial charge in [0.1, 0.15) is 12.8 Å². The largest absolute Gasteiger partial charge is 0.394 e. The highest BCUT2D eigenvalue weighted by Gasteiger charge is 2.06. The SMILES string of the molecule is C#CCCON=[C]c1cccc(C(F)F)c1. The average molecular weight is 222 g/mol. The van der Waals surface area contributed by atoms with Crippen LogP contribution in [0.5, 0.6) is 0 Å². The zero-order chi connectivity index (χ0) is 11.8. The molecule has 0 saturated carbocycles. The van der Waals surface area contributed by atoms with E-state index in [1.807, 2.05) is 0 Å². The van der Waals surface area contributed by atoms with Crippen LogP contribution in [-0.4, -0.2) is 12.8 Å². The molecule has 16 heavy (non-hydrogen) atoms. The van der Waals surface area contributed by atoms with Gasteiger partial charge in [0.25, 0.3) is 6.43 Å². The number of benzene rings is 1. The minimum atomic E-state index is -2.50. The van der Waals surface area contributed by atoms with Crippen LogP contribution in [0.25, 0.3) is 0 Å². The van der Waals surface area contributed by atoms with E-state index in [0.717, 1.165) is 0 Å². The van der Waals surface area contributed by atoms with Gasteiger partial charge >= 0.3 is 0 Å².